The molecular formula is C44H39ClN6O2. The number of benzene rings is 5. The Balaban J connectivity index is 1.22. The van der Waals surface area contributed by atoms with Gasteiger partial charge >= 0.3 is 0 Å². The van der Waals surface area contributed by atoms with Crippen LogP contribution in [0.5, 0.6) is 0 Å². The first-order valence-corrected chi connectivity index (χ1v) is 18.3. The Morgan fingerprint density at radius 2 is 1.36 bits per heavy atom. The lowest BCUT2D eigenvalue weighted by Crippen LogP contribution is -2.39. The van der Waals surface area contributed by atoms with Crippen molar-refractivity contribution < 1.29 is 9.52 Å². The van der Waals surface area contributed by atoms with Gasteiger partial charge < -0.3 is 14.1 Å². The molecule has 8 aromatic rings. The quantitative estimate of drug-likeness (QED) is 0.127. The van der Waals surface area contributed by atoms with Gasteiger partial charge in [0.2, 0.25) is 5.82 Å². The molecule has 8 rings (SSSR count). The first-order chi connectivity index (χ1) is 26.0. The number of aliphatic hydroxyl groups excluding tert-OH is 1. The topological polar surface area (TPSA) is 94.8 Å². The predicted octanol–water partition coefficient (Wildman–Crippen LogP) is 9.64. The summed E-state index contributed by atoms with van der Waals surface area (Å²) in [6.45, 7) is 4.51. The summed E-state index contributed by atoms with van der Waals surface area (Å²) in [5.74, 6) is 2.91. The van der Waals surface area contributed by atoms with E-state index in [4.69, 9.17) is 31.4 Å². The van der Waals surface area contributed by atoms with Crippen LogP contribution in [0.4, 0.5) is 0 Å². The van der Waals surface area contributed by atoms with E-state index in [1.54, 1.807) is 4.80 Å². The highest BCUT2D eigenvalue weighted by atomic mass is 35.5. The lowest BCUT2D eigenvalue weighted by Gasteiger charge is -2.34. The molecule has 0 aliphatic heterocycles. The number of hydrogen-bond acceptors (Lipinski definition) is 6. The maximum absolute atomic E-state index is 10.1. The molecule has 5 aromatic carbocycles. The van der Waals surface area contributed by atoms with Gasteiger partial charge in [0.05, 0.1) is 12.3 Å². The molecule has 53 heavy (non-hydrogen) atoms. The molecule has 0 aliphatic carbocycles. The molecular weight excluding hydrogens is 680 g/mol. The van der Waals surface area contributed by atoms with Crippen molar-refractivity contribution in [2.75, 3.05) is 0 Å². The van der Waals surface area contributed by atoms with Gasteiger partial charge in [0, 0.05) is 34.9 Å². The van der Waals surface area contributed by atoms with E-state index in [2.05, 4.69) is 66.5 Å². The van der Waals surface area contributed by atoms with Gasteiger partial charge in [0.15, 0.2) is 10.7 Å². The summed E-state index contributed by atoms with van der Waals surface area (Å²) < 4.78 is 8.61. The maximum Gasteiger partial charge on any atom is 0.205 e. The van der Waals surface area contributed by atoms with Crippen LogP contribution in [0.1, 0.15) is 59.3 Å². The molecule has 8 nitrogen and oxygen atoms in total. The van der Waals surface area contributed by atoms with E-state index in [1.165, 1.54) is 0 Å². The Morgan fingerprint density at radius 1 is 0.755 bits per heavy atom. The second-order valence-electron chi connectivity index (χ2n) is 13.2. The third kappa shape index (κ3) is 6.14. The molecule has 0 saturated heterocycles. The van der Waals surface area contributed by atoms with Gasteiger partial charge in [0.25, 0.3) is 0 Å². The fourth-order valence-corrected chi connectivity index (χ4v) is 7.68. The Bertz CT molecular complexity index is 2390. The van der Waals surface area contributed by atoms with Crippen LogP contribution < -0.4 is 0 Å². The fraction of sp³-hybridized carbons (Fsp3) is 0.182. The number of halogens is 1. The molecule has 0 unspecified atom stereocenters. The number of unbranched alkanes of at least 4 members (excludes halogenated alkanes) is 1. The molecule has 0 bridgehead atoms. The SMILES string of the molecule is CCCCc1nc(Cl)c(CO)n1Cc1ccc2c(-c3ccccc3-c3nnn(C(c4ccccc4)(c4ccccc4)c4ccccc4)n3)oc(C)c2c1. The third-order valence-corrected chi connectivity index (χ3v) is 10.3. The van der Waals surface area contributed by atoms with Gasteiger partial charge in [-0.05, 0) is 46.9 Å². The van der Waals surface area contributed by atoms with E-state index < -0.39 is 5.54 Å². The van der Waals surface area contributed by atoms with E-state index in [9.17, 15) is 5.11 Å². The van der Waals surface area contributed by atoms with Gasteiger partial charge in [-0.25, -0.2) is 4.98 Å². The number of rotatable bonds is 12. The highest BCUT2D eigenvalue weighted by Gasteiger charge is 2.41. The van der Waals surface area contributed by atoms with E-state index in [1.807, 2.05) is 90.4 Å². The Morgan fingerprint density at radius 3 is 1.96 bits per heavy atom. The van der Waals surface area contributed by atoms with E-state index in [0.717, 1.165) is 80.8 Å². The van der Waals surface area contributed by atoms with Crippen molar-refractivity contribution in [3.63, 3.8) is 0 Å². The Labute approximate surface area is 313 Å². The van der Waals surface area contributed by atoms with Crippen LogP contribution >= 0.6 is 11.6 Å². The predicted molar refractivity (Wildman–Crippen MR) is 209 cm³/mol. The lowest BCUT2D eigenvalue weighted by atomic mass is 9.77. The summed E-state index contributed by atoms with van der Waals surface area (Å²) in [4.78, 5) is 6.32. The van der Waals surface area contributed by atoms with Crippen LogP contribution in [0.15, 0.2) is 138 Å². The van der Waals surface area contributed by atoms with E-state index >= 15 is 0 Å². The second kappa shape index (κ2) is 14.7. The van der Waals surface area contributed by atoms with Gasteiger partial charge in [-0.15, -0.1) is 15.0 Å². The zero-order valence-electron chi connectivity index (χ0n) is 29.7. The van der Waals surface area contributed by atoms with Crippen LogP contribution in [0.2, 0.25) is 5.15 Å². The monoisotopic (exact) mass is 718 g/mol. The van der Waals surface area contributed by atoms with Crippen molar-refractivity contribution >= 4 is 22.4 Å². The molecule has 3 aromatic heterocycles. The normalized spacial score (nSPS) is 11.8. The molecule has 9 heteroatoms. The molecule has 3 heterocycles. The van der Waals surface area contributed by atoms with Crippen LogP contribution in [0.25, 0.3) is 33.5 Å². The molecule has 264 valence electrons. The second-order valence-corrected chi connectivity index (χ2v) is 13.6. The fourth-order valence-electron chi connectivity index (χ4n) is 7.42. The Hall–Kier alpha value is -5.83. The number of aromatic nitrogens is 6. The molecule has 1 N–H and O–H groups in total. The van der Waals surface area contributed by atoms with Crippen LogP contribution in [-0.4, -0.2) is 34.9 Å². The molecule has 0 saturated carbocycles. The maximum atomic E-state index is 10.1. The smallest absolute Gasteiger partial charge is 0.205 e. The zero-order chi connectivity index (χ0) is 36.4. The molecule has 0 radical (unpaired) electrons. The minimum Gasteiger partial charge on any atom is -0.460 e. The van der Waals surface area contributed by atoms with Crippen molar-refractivity contribution in [2.24, 2.45) is 0 Å². The van der Waals surface area contributed by atoms with Crippen LogP contribution in [0, 0.1) is 6.92 Å². The van der Waals surface area contributed by atoms with Crippen molar-refractivity contribution in [1.29, 1.82) is 0 Å². The summed E-state index contributed by atoms with van der Waals surface area (Å²) in [7, 11) is 0. The van der Waals surface area contributed by atoms with Crippen molar-refractivity contribution in [1.82, 2.24) is 29.8 Å². The number of aryl methyl sites for hydroxylation is 2. The van der Waals surface area contributed by atoms with Crippen LogP contribution in [0.3, 0.4) is 0 Å². The molecule has 0 spiro atoms. The van der Waals surface area contributed by atoms with Gasteiger partial charge in [-0.3, -0.25) is 0 Å². The average Bonchev–Trinajstić information content (AvgIpc) is 3.91. The zero-order valence-corrected chi connectivity index (χ0v) is 30.4. The summed E-state index contributed by atoms with van der Waals surface area (Å²) in [5, 5.41) is 27.2. The summed E-state index contributed by atoms with van der Waals surface area (Å²) in [5.41, 5.74) is 5.52. The number of imidazole rings is 1. The number of tetrazole rings is 1. The van der Waals surface area contributed by atoms with E-state index in [-0.39, 0.29) is 6.61 Å². The molecule has 0 aliphatic rings. The summed E-state index contributed by atoms with van der Waals surface area (Å²) >= 11 is 6.45. The first-order valence-electron chi connectivity index (χ1n) is 18.0. The van der Waals surface area contributed by atoms with Crippen LogP contribution in [-0.2, 0) is 25.1 Å². The molecule has 0 atom stereocenters. The number of furan rings is 1. The number of nitrogens with zero attached hydrogens (tertiary/aromatic N) is 6. The molecule has 0 fully saturated rings. The lowest BCUT2D eigenvalue weighted by molar-refractivity contribution is 0.271. The van der Waals surface area contributed by atoms with E-state index in [0.29, 0.717) is 23.2 Å². The average molecular weight is 719 g/mol. The minimum atomic E-state index is -0.889. The van der Waals surface area contributed by atoms with Crippen molar-refractivity contribution in [3.05, 3.63) is 178 Å². The number of hydrogen-bond donors (Lipinski definition) is 1. The van der Waals surface area contributed by atoms with Crippen molar-refractivity contribution in [3.8, 4) is 22.7 Å². The largest absolute Gasteiger partial charge is 0.460 e. The molecule has 0 amide bonds. The van der Waals surface area contributed by atoms with Gasteiger partial charge in [-0.2, -0.15) is 0 Å². The Kier molecular flexibility index (Phi) is 9.48. The third-order valence-electron chi connectivity index (χ3n) is 10.0. The van der Waals surface area contributed by atoms with Gasteiger partial charge in [-0.1, -0.05) is 152 Å². The highest BCUT2D eigenvalue weighted by molar-refractivity contribution is 6.30. The van der Waals surface area contributed by atoms with Gasteiger partial charge in [0.1, 0.15) is 17.3 Å². The summed E-state index contributed by atoms with van der Waals surface area (Å²) in [6.07, 6.45) is 2.84. The van der Waals surface area contributed by atoms with Crippen molar-refractivity contribution in [2.45, 2.75) is 51.8 Å². The first kappa shape index (κ1) is 34.3. The number of aliphatic hydroxyl groups is 1. The summed E-state index contributed by atoms with van der Waals surface area (Å²) in [6, 6.07) is 45.4. The highest BCUT2D eigenvalue weighted by Crippen LogP contribution is 2.42. The minimum absolute atomic E-state index is 0.173. The standard InChI is InChI=1S/C44H39ClN6O2/c1-3-4-24-40-46-42(45)39(29-52)50(40)28-31-25-26-36-38(27-31)30(2)53-41(36)35-22-14-15-23-37(35)43-47-49-51(48-43)44(32-16-8-5-9-17-32,33-18-10-6-11-19-33)34-20-12-7-13-21-34/h5-23,25-27,52H,3-4,24,28-29H2,1-2H3. The number of fused-ring (bicyclic) bond motifs is 1.